The van der Waals surface area contributed by atoms with Crippen molar-refractivity contribution < 1.29 is 24.1 Å². The SMILES string of the molecule is C=CCOC(=O)NCc1ccc(C2OC(CN3CCCC3CN3CCCC3)C(C)C(c3ccc(CO)cc3)O2)cc1. The molecule has 41 heavy (non-hydrogen) atoms. The van der Waals surface area contributed by atoms with Gasteiger partial charge in [-0.1, -0.05) is 68.1 Å². The third kappa shape index (κ3) is 7.76. The molecule has 222 valence electrons. The summed E-state index contributed by atoms with van der Waals surface area (Å²) in [5.74, 6) is 0.157. The molecule has 0 radical (unpaired) electrons. The molecule has 8 nitrogen and oxygen atoms in total. The van der Waals surface area contributed by atoms with Gasteiger partial charge < -0.3 is 29.5 Å². The predicted molar refractivity (Wildman–Crippen MR) is 158 cm³/mol. The molecule has 3 aliphatic heterocycles. The van der Waals surface area contributed by atoms with E-state index in [1.807, 2.05) is 36.4 Å². The summed E-state index contributed by atoms with van der Waals surface area (Å²) >= 11 is 0. The maximum absolute atomic E-state index is 11.8. The zero-order chi connectivity index (χ0) is 28.6. The third-order valence-electron chi connectivity index (χ3n) is 8.73. The number of benzene rings is 2. The molecule has 3 saturated heterocycles. The molecule has 0 spiro atoms. The Kier molecular flexibility index (Phi) is 10.5. The summed E-state index contributed by atoms with van der Waals surface area (Å²) in [7, 11) is 0. The fourth-order valence-corrected chi connectivity index (χ4v) is 6.32. The number of nitrogens with zero attached hydrogens (tertiary/aromatic N) is 2. The molecule has 2 N–H and O–H groups in total. The van der Waals surface area contributed by atoms with Crippen LogP contribution in [0.4, 0.5) is 4.79 Å². The number of likely N-dealkylation sites (tertiary alicyclic amines) is 2. The fourth-order valence-electron chi connectivity index (χ4n) is 6.32. The topological polar surface area (TPSA) is 83.5 Å². The second-order valence-corrected chi connectivity index (χ2v) is 11.6. The van der Waals surface area contributed by atoms with Crippen molar-refractivity contribution in [1.29, 1.82) is 0 Å². The number of hydrogen-bond donors (Lipinski definition) is 2. The Morgan fingerprint density at radius 2 is 1.71 bits per heavy atom. The first-order chi connectivity index (χ1) is 20.0. The Labute approximate surface area is 244 Å². The van der Waals surface area contributed by atoms with Gasteiger partial charge in [-0.25, -0.2) is 4.79 Å². The van der Waals surface area contributed by atoms with E-state index in [2.05, 4.69) is 40.8 Å². The minimum Gasteiger partial charge on any atom is -0.445 e. The van der Waals surface area contributed by atoms with Crippen molar-refractivity contribution in [1.82, 2.24) is 15.1 Å². The predicted octanol–water partition coefficient (Wildman–Crippen LogP) is 4.94. The summed E-state index contributed by atoms with van der Waals surface area (Å²) < 4.78 is 18.4. The molecule has 0 aliphatic carbocycles. The van der Waals surface area contributed by atoms with Crippen LogP contribution in [0.25, 0.3) is 0 Å². The van der Waals surface area contributed by atoms with Gasteiger partial charge in [-0.05, 0) is 62.0 Å². The maximum Gasteiger partial charge on any atom is 0.407 e. The molecule has 0 aromatic heterocycles. The molecule has 2 aromatic rings. The second kappa shape index (κ2) is 14.4. The average molecular weight is 564 g/mol. The van der Waals surface area contributed by atoms with E-state index in [0.717, 1.165) is 41.9 Å². The second-order valence-electron chi connectivity index (χ2n) is 11.6. The van der Waals surface area contributed by atoms with Crippen molar-refractivity contribution in [3.8, 4) is 0 Å². The van der Waals surface area contributed by atoms with Crippen LogP contribution in [0.15, 0.2) is 61.2 Å². The molecule has 5 rings (SSSR count). The van der Waals surface area contributed by atoms with Crippen molar-refractivity contribution in [2.24, 2.45) is 5.92 Å². The highest BCUT2D eigenvalue weighted by Crippen LogP contribution is 2.42. The number of nitrogens with one attached hydrogen (secondary N) is 1. The summed E-state index contributed by atoms with van der Waals surface area (Å²) in [6, 6.07) is 16.7. The van der Waals surface area contributed by atoms with E-state index in [0.29, 0.717) is 12.6 Å². The average Bonchev–Trinajstić information content (AvgIpc) is 3.69. The van der Waals surface area contributed by atoms with Gasteiger partial charge in [0.1, 0.15) is 6.61 Å². The fraction of sp³-hybridized carbons (Fsp3) is 0.545. The van der Waals surface area contributed by atoms with Gasteiger partial charge >= 0.3 is 6.09 Å². The molecule has 8 heteroatoms. The normalized spacial score (nSPS) is 27.1. The van der Waals surface area contributed by atoms with Crippen LogP contribution in [0.5, 0.6) is 0 Å². The van der Waals surface area contributed by atoms with Crippen LogP contribution in [0, 0.1) is 5.92 Å². The number of ether oxygens (including phenoxy) is 3. The molecule has 2 aromatic carbocycles. The highest BCUT2D eigenvalue weighted by atomic mass is 16.7. The molecule has 0 bridgehead atoms. The van der Waals surface area contributed by atoms with Crippen LogP contribution in [-0.4, -0.2) is 72.5 Å². The van der Waals surface area contributed by atoms with Crippen molar-refractivity contribution in [2.75, 3.05) is 39.3 Å². The van der Waals surface area contributed by atoms with Gasteiger partial charge in [0, 0.05) is 37.2 Å². The Bertz CT molecular complexity index is 1120. The quantitative estimate of drug-likeness (QED) is 0.375. The summed E-state index contributed by atoms with van der Waals surface area (Å²) in [4.78, 5) is 17.1. The molecule has 3 heterocycles. The van der Waals surface area contributed by atoms with Gasteiger partial charge in [-0.2, -0.15) is 0 Å². The van der Waals surface area contributed by atoms with Crippen molar-refractivity contribution in [3.63, 3.8) is 0 Å². The molecule has 1 amide bonds. The number of carbonyl (C=O) groups is 1. The summed E-state index contributed by atoms with van der Waals surface area (Å²) in [5.41, 5.74) is 3.90. The standard InChI is InChI=1S/C33H45N3O5/c1-3-19-39-33(38)34-20-25-8-14-28(15-9-25)32-40-30(22-36-18-6-7-29(36)21-35-16-4-5-17-35)24(2)31(41-32)27-12-10-26(23-37)11-13-27/h3,8-15,24,29-32,37H,1,4-7,16-23H2,2H3,(H,34,38). The highest BCUT2D eigenvalue weighted by Gasteiger charge is 2.40. The number of aliphatic hydroxyl groups is 1. The molecule has 5 unspecified atom stereocenters. The number of aliphatic hydroxyl groups excluding tert-OH is 1. The van der Waals surface area contributed by atoms with Crippen LogP contribution < -0.4 is 5.32 Å². The number of rotatable bonds is 11. The first-order valence-electron chi connectivity index (χ1n) is 15.1. The van der Waals surface area contributed by atoms with Crippen LogP contribution in [0.1, 0.15) is 67.3 Å². The summed E-state index contributed by atoms with van der Waals surface area (Å²) in [6.07, 6.45) is 5.57. The van der Waals surface area contributed by atoms with E-state index in [9.17, 15) is 9.90 Å². The van der Waals surface area contributed by atoms with E-state index in [-0.39, 0.29) is 31.3 Å². The van der Waals surface area contributed by atoms with Gasteiger partial charge in [-0.15, -0.1) is 0 Å². The Morgan fingerprint density at radius 1 is 1.00 bits per heavy atom. The number of carbonyl (C=O) groups excluding carboxylic acids is 1. The highest BCUT2D eigenvalue weighted by molar-refractivity contribution is 5.67. The summed E-state index contributed by atoms with van der Waals surface area (Å²) in [5, 5.41) is 12.3. The maximum atomic E-state index is 11.8. The molecule has 3 aliphatic rings. The summed E-state index contributed by atoms with van der Waals surface area (Å²) in [6.45, 7) is 12.0. The van der Waals surface area contributed by atoms with Crippen molar-refractivity contribution in [2.45, 2.75) is 70.3 Å². The lowest BCUT2D eigenvalue weighted by atomic mass is 9.90. The lowest BCUT2D eigenvalue weighted by Crippen LogP contribution is -2.48. The van der Waals surface area contributed by atoms with E-state index < -0.39 is 12.4 Å². The van der Waals surface area contributed by atoms with E-state index in [4.69, 9.17) is 14.2 Å². The Hall–Kier alpha value is -2.75. The molecular weight excluding hydrogens is 518 g/mol. The number of amides is 1. The lowest BCUT2D eigenvalue weighted by molar-refractivity contribution is -0.276. The molecule has 0 saturated carbocycles. The van der Waals surface area contributed by atoms with Gasteiger partial charge in [0.2, 0.25) is 0 Å². The number of hydrogen-bond acceptors (Lipinski definition) is 7. The first-order valence-corrected chi connectivity index (χ1v) is 15.1. The largest absolute Gasteiger partial charge is 0.445 e. The Morgan fingerprint density at radius 3 is 2.41 bits per heavy atom. The van der Waals surface area contributed by atoms with E-state index >= 15 is 0 Å². The van der Waals surface area contributed by atoms with E-state index in [1.54, 1.807) is 6.08 Å². The van der Waals surface area contributed by atoms with Crippen molar-refractivity contribution >= 4 is 6.09 Å². The first kappa shape index (κ1) is 29.7. The zero-order valence-corrected chi connectivity index (χ0v) is 24.2. The smallest absolute Gasteiger partial charge is 0.407 e. The molecule has 3 fully saturated rings. The van der Waals surface area contributed by atoms with Gasteiger partial charge in [-0.3, -0.25) is 4.90 Å². The van der Waals surface area contributed by atoms with Gasteiger partial charge in [0.05, 0.1) is 18.8 Å². The Balaban J connectivity index is 1.30. The monoisotopic (exact) mass is 563 g/mol. The van der Waals surface area contributed by atoms with Gasteiger partial charge in [0.25, 0.3) is 0 Å². The van der Waals surface area contributed by atoms with Crippen LogP contribution in [-0.2, 0) is 27.4 Å². The molecular formula is C33H45N3O5. The van der Waals surface area contributed by atoms with Crippen molar-refractivity contribution in [3.05, 3.63) is 83.4 Å². The number of alkyl carbamates (subject to hydrolysis) is 1. The zero-order valence-electron chi connectivity index (χ0n) is 24.2. The third-order valence-corrected chi connectivity index (χ3v) is 8.73. The minimum atomic E-state index is -0.502. The van der Waals surface area contributed by atoms with Gasteiger partial charge in [0.15, 0.2) is 6.29 Å². The molecule has 5 atom stereocenters. The van der Waals surface area contributed by atoms with Crippen LogP contribution >= 0.6 is 0 Å². The van der Waals surface area contributed by atoms with Crippen LogP contribution in [0.3, 0.4) is 0 Å². The minimum absolute atomic E-state index is 0.0106. The van der Waals surface area contributed by atoms with Crippen LogP contribution in [0.2, 0.25) is 0 Å². The van der Waals surface area contributed by atoms with E-state index in [1.165, 1.54) is 38.8 Å². The lowest BCUT2D eigenvalue weighted by Gasteiger charge is -2.43.